The predicted molar refractivity (Wildman–Crippen MR) is 107 cm³/mol. The fourth-order valence-corrected chi connectivity index (χ4v) is 5.17. The number of ether oxygens (including phenoxy) is 1. The second kappa shape index (κ2) is 8.56. The summed E-state index contributed by atoms with van der Waals surface area (Å²) in [5.74, 6) is -0.988. The lowest BCUT2D eigenvalue weighted by molar-refractivity contribution is -0.124. The van der Waals surface area contributed by atoms with E-state index in [1.54, 1.807) is 31.3 Å². The van der Waals surface area contributed by atoms with E-state index in [-0.39, 0.29) is 29.6 Å². The van der Waals surface area contributed by atoms with Crippen molar-refractivity contribution in [2.75, 3.05) is 13.7 Å². The quantitative estimate of drug-likeness (QED) is 0.693. The van der Waals surface area contributed by atoms with Gasteiger partial charge in [0, 0.05) is 31.4 Å². The molecular formula is C19H22ClN3O5S. The number of esters is 1. The second-order valence-electron chi connectivity index (χ2n) is 6.78. The molecule has 0 unspecified atom stereocenters. The molecule has 1 amide bonds. The Labute approximate surface area is 174 Å². The van der Waals surface area contributed by atoms with E-state index in [0.717, 1.165) is 5.56 Å². The monoisotopic (exact) mass is 439 g/mol. The third-order valence-electron chi connectivity index (χ3n) is 4.87. The summed E-state index contributed by atoms with van der Waals surface area (Å²) in [5, 5.41) is 3.39. The van der Waals surface area contributed by atoms with Crippen molar-refractivity contribution < 1.29 is 22.7 Å². The molecule has 1 atom stereocenters. The first-order valence-electron chi connectivity index (χ1n) is 9.02. The molecule has 1 aromatic heterocycles. The minimum absolute atomic E-state index is 0.0437. The molecule has 0 spiro atoms. The van der Waals surface area contributed by atoms with Crippen LogP contribution in [0.15, 0.2) is 41.4 Å². The largest absolute Gasteiger partial charge is 0.464 e. The average Bonchev–Trinajstić information content (AvgIpc) is 3.34. The molecule has 2 aromatic rings. The number of sulfonamides is 1. The number of benzene rings is 1. The van der Waals surface area contributed by atoms with Gasteiger partial charge in [0.15, 0.2) is 0 Å². The Morgan fingerprint density at radius 3 is 2.62 bits per heavy atom. The Kier molecular flexibility index (Phi) is 6.30. The molecule has 2 heterocycles. The number of nitrogens with zero attached hydrogens (tertiary/aromatic N) is 2. The van der Waals surface area contributed by atoms with Crippen LogP contribution in [0.5, 0.6) is 0 Å². The van der Waals surface area contributed by atoms with Gasteiger partial charge in [-0.2, -0.15) is 4.31 Å². The van der Waals surface area contributed by atoms with Crippen molar-refractivity contribution in [3.05, 3.63) is 52.8 Å². The molecular weight excluding hydrogens is 418 g/mol. The standard InChI is InChI=1S/C19H22ClN3O5S/c1-22-12-15(10-17(22)19(25)28-2)29(26,27)23-9-3-4-16(23)18(24)21-11-13-5-7-14(20)8-6-13/h5-8,10,12,16H,3-4,9,11H2,1-2H3,(H,21,24)/t16-/m0/s1. The molecule has 0 radical (unpaired) electrons. The fraction of sp³-hybridized carbons (Fsp3) is 0.368. The molecule has 1 N–H and O–H groups in total. The number of nitrogens with one attached hydrogen (secondary N) is 1. The van der Waals surface area contributed by atoms with Gasteiger partial charge in [0.2, 0.25) is 15.9 Å². The van der Waals surface area contributed by atoms with Gasteiger partial charge < -0.3 is 14.6 Å². The van der Waals surface area contributed by atoms with E-state index in [4.69, 9.17) is 11.6 Å². The highest BCUT2D eigenvalue weighted by Gasteiger charge is 2.40. The van der Waals surface area contributed by atoms with Crippen LogP contribution in [0.3, 0.4) is 0 Å². The predicted octanol–water partition coefficient (Wildman–Crippen LogP) is 1.93. The third kappa shape index (κ3) is 4.47. The molecule has 1 aliphatic heterocycles. The van der Waals surface area contributed by atoms with Crippen LogP contribution in [-0.4, -0.2) is 48.9 Å². The maximum absolute atomic E-state index is 13.1. The maximum Gasteiger partial charge on any atom is 0.354 e. The van der Waals surface area contributed by atoms with Crippen molar-refractivity contribution in [3.63, 3.8) is 0 Å². The van der Waals surface area contributed by atoms with Crippen molar-refractivity contribution in [2.24, 2.45) is 7.05 Å². The third-order valence-corrected chi connectivity index (χ3v) is 6.99. The number of halogens is 1. The second-order valence-corrected chi connectivity index (χ2v) is 9.11. The van der Waals surface area contributed by atoms with Crippen LogP contribution in [0.4, 0.5) is 0 Å². The van der Waals surface area contributed by atoms with E-state index in [9.17, 15) is 18.0 Å². The number of methoxy groups -OCH3 is 1. The highest BCUT2D eigenvalue weighted by Crippen LogP contribution is 2.27. The highest BCUT2D eigenvalue weighted by atomic mass is 35.5. The average molecular weight is 440 g/mol. The Morgan fingerprint density at radius 1 is 1.28 bits per heavy atom. The van der Waals surface area contributed by atoms with Gasteiger partial charge in [-0.3, -0.25) is 4.79 Å². The van der Waals surface area contributed by atoms with Crippen LogP contribution in [0.25, 0.3) is 0 Å². The van der Waals surface area contributed by atoms with Crippen molar-refractivity contribution in [3.8, 4) is 0 Å². The molecule has 1 aliphatic rings. The summed E-state index contributed by atoms with van der Waals surface area (Å²) in [4.78, 5) is 24.4. The van der Waals surface area contributed by atoms with Gasteiger partial charge in [-0.25, -0.2) is 13.2 Å². The molecule has 1 aromatic carbocycles. The van der Waals surface area contributed by atoms with E-state index < -0.39 is 22.0 Å². The van der Waals surface area contributed by atoms with E-state index in [1.165, 1.54) is 28.2 Å². The summed E-state index contributed by atoms with van der Waals surface area (Å²) in [6, 6.07) is 7.51. The first-order chi connectivity index (χ1) is 13.7. The lowest BCUT2D eigenvalue weighted by Gasteiger charge is -2.23. The Hall–Kier alpha value is -2.36. The zero-order chi connectivity index (χ0) is 21.2. The fourth-order valence-electron chi connectivity index (χ4n) is 3.32. The summed E-state index contributed by atoms with van der Waals surface area (Å²) in [5.41, 5.74) is 0.981. The van der Waals surface area contributed by atoms with Gasteiger partial charge in [-0.05, 0) is 36.6 Å². The summed E-state index contributed by atoms with van der Waals surface area (Å²) >= 11 is 5.86. The number of carbonyl (C=O) groups is 2. The Balaban J connectivity index is 1.76. The van der Waals surface area contributed by atoms with Crippen molar-refractivity contribution in [1.29, 1.82) is 0 Å². The molecule has 0 bridgehead atoms. The van der Waals surface area contributed by atoms with Crippen LogP contribution in [0, 0.1) is 0 Å². The van der Waals surface area contributed by atoms with E-state index in [2.05, 4.69) is 10.1 Å². The topological polar surface area (TPSA) is 97.7 Å². The van der Waals surface area contributed by atoms with E-state index in [1.807, 2.05) is 0 Å². The number of hydrogen-bond acceptors (Lipinski definition) is 5. The highest BCUT2D eigenvalue weighted by molar-refractivity contribution is 7.89. The van der Waals surface area contributed by atoms with E-state index in [0.29, 0.717) is 17.9 Å². The van der Waals surface area contributed by atoms with Gasteiger partial charge >= 0.3 is 5.97 Å². The van der Waals surface area contributed by atoms with Crippen molar-refractivity contribution in [1.82, 2.24) is 14.2 Å². The molecule has 1 saturated heterocycles. The van der Waals surface area contributed by atoms with Gasteiger partial charge in [0.1, 0.15) is 16.6 Å². The van der Waals surface area contributed by atoms with Gasteiger partial charge in [0.05, 0.1) is 7.11 Å². The number of hydrogen-bond donors (Lipinski definition) is 1. The summed E-state index contributed by atoms with van der Waals surface area (Å²) < 4.78 is 33.5. The molecule has 3 rings (SSSR count). The Morgan fingerprint density at radius 2 is 1.97 bits per heavy atom. The SMILES string of the molecule is COC(=O)c1cc(S(=O)(=O)N2CCC[C@H]2C(=O)NCc2ccc(Cl)cc2)cn1C. The molecule has 0 saturated carbocycles. The lowest BCUT2D eigenvalue weighted by Crippen LogP contribution is -2.45. The molecule has 1 fully saturated rings. The lowest BCUT2D eigenvalue weighted by atomic mass is 10.2. The number of carbonyl (C=O) groups excluding carboxylic acids is 2. The minimum Gasteiger partial charge on any atom is -0.464 e. The summed E-state index contributed by atoms with van der Waals surface area (Å²) in [7, 11) is -1.15. The maximum atomic E-state index is 13.1. The van der Waals surface area contributed by atoms with E-state index >= 15 is 0 Å². The first kappa shape index (κ1) is 21.4. The molecule has 10 heteroatoms. The molecule has 8 nitrogen and oxygen atoms in total. The van der Waals surface area contributed by atoms with Crippen LogP contribution >= 0.6 is 11.6 Å². The minimum atomic E-state index is -3.94. The van der Waals surface area contributed by atoms with Gasteiger partial charge in [-0.1, -0.05) is 23.7 Å². The van der Waals surface area contributed by atoms with Crippen LogP contribution in [0.2, 0.25) is 5.02 Å². The number of amides is 1. The van der Waals surface area contributed by atoms with Crippen molar-refractivity contribution in [2.45, 2.75) is 30.3 Å². The van der Waals surface area contributed by atoms with Crippen molar-refractivity contribution >= 4 is 33.5 Å². The number of aromatic nitrogens is 1. The number of aryl methyl sites for hydroxylation is 1. The zero-order valence-electron chi connectivity index (χ0n) is 16.1. The molecule has 29 heavy (non-hydrogen) atoms. The van der Waals surface area contributed by atoms with Crippen LogP contribution < -0.4 is 5.32 Å². The zero-order valence-corrected chi connectivity index (χ0v) is 17.7. The van der Waals surface area contributed by atoms with Gasteiger partial charge in [-0.15, -0.1) is 0 Å². The summed E-state index contributed by atoms with van der Waals surface area (Å²) in [6.45, 7) is 0.516. The van der Waals surface area contributed by atoms with Crippen LogP contribution in [0.1, 0.15) is 28.9 Å². The van der Waals surface area contributed by atoms with Crippen LogP contribution in [-0.2, 0) is 33.1 Å². The molecule has 156 valence electrons. The first-order valence-corrected chi connectivity index (χ1v) is 10.8. The normalized spacial score (nSPS) is 17.3. The van der Waals surface area contributed by atoms with Gasteiger partial charge in [0.25, 0.3) is 0 Å². The Bertz CT molecular complexity index is 1020. The smallest absolute Gasteiger partial charge is 0.354 e. The number of rotatable bonds is 6. The summed E-state index contributed by atoms with van der Waals surface area (Å²) in [6.07, 6.45) is 2.36. The molecule has 0 aliphatic carbocycles.